The molecule has 2 N–H and O–H groups in total. The first-order valence-corrected chi connectivity index (χ1v) is 6.12. The highest BCUT2D eigenvalue weighted by Crippen LogP contribution is 2.15. The van der Waals surface area contributed by atoms with Crippen LogP contribution in [-0.4, -0.2) is 39.3 Å². The number of carbonyl (C=O) groups is 1. The molecule has 1 rings (SSSR count). The maximum atomic E-state index is 12.1. The van der Waals surface area contributed by atoms with E-state index in [1.54, 1.807) is 19.2 Å². The smallest absolute Gasteiger partial charge is 0.387 e. The average Bonchev–Trinajstić information content (AvgIpc) is 2.41. The summed E-state index contributed by atoms with van der Waals surface area (Å²) < 4.78 is 33.2. The van der Waals surface area contributed by atoms with Gasteiger partial charge < -0.3 is 20.1 Å². The van der Waals surface area contributed by atoms with E-state index in [1.807, 2.05) is 0 Å². The molecule has 1 aromatic carbocycles. The van der Waals surface area contributed by atoms with Crippen LogP contribution in [0.15, 0.2) is 24.3 Å². The van der Waals surface area contributed by atoms with Gasteiger partial charge in [-0.3, -0.25) is 4.79 Å². The molecule has 1 aromatic rings. The van der Waals surface area contributed by atoms with Gasteiger partial charge in [-0.25, -0.2) is 0 Å². The van der Waals surface area contributed by atoms with Gasteiger partial charge in [0.2, 0.25) is 5.91 Å². The highest BCUT2D eigenvalue weighted by atomic mass is 19.3. The lowest BCUT2D eigenvalue weighted by Gasteiger charge is -2.08. The normalized spacial score (nSPS) is 10.6. The Morgan fingerprint density at radius 3 is 2.90 bits per heavy atom. The molecule has 0 atom stereocenters. The van der Waals surface area contributed by atoms with Gasteiger partial charge >= 0.3 is 6.61 Å². The Bertz CT molecular complexity index is 416. The number of nitrogens with one attached hydrogen (secondary N) is 2. The van der Waals surface area contributed by atoms with Crippen molar-refractivity contribution in [2.45, 2.75) is 13.2 Å². The molecule has 0 spiro atoms. The van der Waals surface area contributed by atoms with E-state index in [0.29, 0.717) is 18.7 Å². The van der Waals surface area contributed by atoms with Crippen LogP contribution in [0.4, 0.5) is 8.78 Å². The first-order valence-electron chi connectivity index (χ1n) is 6.12. The summed E-state index contributed by atoms with van der Waals surface area (Å²) in [6.07, 6.45) is 0. The second-order valence-electron chi connectivity index (χ2n) is 3.97. The largest absolute Gasteiger partial charge is 0.435 e. The molecule has 0 aliphatic rings. The minimum Gasteiger partial charge on any atom is -0.435 e. The van der Waals surface area contributed by atoms with Crippen molar-refractivity contribution < 1.29 is 23.0 Å². The Morgan fingerprint density at radius 1 is 1.40 bits per heavy atom. The maximum absolute atomic E-state index is 12.1. The fourth-order valence-electron chi connectivity index (χ4n) is 1.47. The van der Waals surface area contributed by atoms with E-state index in [-0.39, 0.29) is 24.7 Å². The van der Waals surface area contributed by atoms with Crippen LogP contribution >= 0.6 is 0 Å². The first kappa shape index (κ1) is 16.3. The van der Waals surface area contributed by atoms with Crippen LogP contribution in [0, 0.1) is 0 Å². The predicted molar refractivity (Wildman–Crippen MR) is 69.7 cm³/mol. The highest BCUT2D eigenvalue weighted by molar-refractivity contribution is 5.77. The van der Waals surface area contributed by atoms with E-state index in [4.69, 9.17) is 4.74 Å². The molecule has 0 radical (unpaired) electrons. The fraction of sp³-hybridized carbons (Fsp3) is 0.462. The van der Waals surface area contributed by atoms with Gasteiger partial charge in [-0.15, -0.1) is 0 Å². The second-order valence-corrected chi connectivity index (χ2v) is 3.97. The molecular weight excluding hydrogens is 270 g/mol. The summed E-state index contributed by atoms with van der Waals surface area (Å²) in [5, 5.41) is 5.57. The Kier molecular flexibility index (Phi) is 7.52. The summed E-state index contributed by atoms with van der Waals surface area (Å²) in [6, 6.07) is 6.21. The summed E-state index contributed by atoms with van der Waals surface area (Å²) in [5.41, 5.74) is 0.688. The van der Waals surface area contributed by atoms with Crippen molar-refractivity contribution in [3.8, 4) is 5.75 Å². The number of amides is 1. The Labute approximate surface area is 116 Å². The molecule has 0 fully saturated rings. The van der Waals surface area contributed by atoms with Crippen LogP contribution in [0.5, 0.6) is 5.75 Å². The van der Waals surface area contributed by atoms with Crippen molar-refractivity contribution in [1.29, 1.82) is 0 Å². The molecule has 7 heteroatoms. The van der Waals surface area contributed by atoms with Gasteiger partial charge in [-0.2, -0.15) is 8.78 Å². The van der Waals surface area contributed by atoms with Gasteiger partial charge in [0.05, 0.1) is 13.2 Å². The number of hydrogen-bond donors (Lipinski definition) is 2. The molecule has 0 bridgehead atoms. The molecule has 0 aliphatic carbocycles. The summed E-state index contributed by atoms with van der Waals surface area (Å²) in [5.74, 6) is -0.105. The summed E-state index contributed by atoms with van der Waals surface area (Å²) in [4.78, 5) is 11.5. The Morgan fingerprint density at radius 2 is 2.20 bits per heavy atom. The van der Waals surface area contributed by atoms with Gasteiger partial charge in [0.25, 0.3) is 0 Å². The number of rotatable bonds is 9. The number of benzene rings is 1. The fourth-order valence-corrected chi connectivity index (χ4v) is 1.47. The zero-order chi connectivity index (χ0) is 14.8. The lowest BCUT2D eigenvalue weighted by Crippen LogP contribution is -2.34. The molecule has 112 valence electrons. The molecule has 0 saturated carbocycles. The monoisotopic (exact) mass is 288 g/mol. The van der Waals surface area contributed by atoms with Crippen LogP contribution < -0.4 is 15.4 Å². The van der Waals surface area contributed by atoms with Crippen LogP contribution in [0.3, 0.4) is 0 Å². The number of alkyl halides is 2. The molecule has 5 nitrogen and oxygen atoms in total. The van der Waals surface area contributed by atoms with Crippen molar-refractivity contribution >= 4 is 5.91 Å². The molecule has 0 aliphatic heterocycles. The van der Waals surface area contributed by atoms with Crippen LogP contribution in [0.25, 0.3) is 0 Å². The van der Waals surface area contributed by atoms with Crippen molar-refractivity contribution in [2.24, 2.45) is 0 Å². The Balaban J connectivity index is 2.32. The van der Waals surface area contributed by atoms with Crippen molar-refractivity contribution in [2.75, 3.05) is 26.8 Å². The van der Waals surface area contributed by atoms with E-state index in [0.717, 1.165) is 0 Å². The van der Waals surface area contributed by atoms with Gasteiger partial charge in [0.1, 0.15) is 5.75 Å². The number of halogens is 2. The minimum absolute atomic E-state index is 0.0740. The SMILES string of the molecule is COCCNCC(=O)NCc1cccc(OC(F)F)c1. The third-order valence-electron chi connectivity index (χ3n) is 2.38. The van der Waals surface area contributed by atoms with E-state index in [9.17, 15) is 13.6 Å². The van der Waals surface area contributed by atoms with Gasteiger partial charge in [0, 0.05) is 20.2 Å². The van der Waals surface area contributed by atoms with Crippen molar-refractivity contribution in [3.05, 3.63) is 29.8 Å². The van der Waals surface area contributed by atoms with E-state index < -0.39 is 6.61 Å². The lowest BCUT2D eigenvalue weighted by atomic mass is 10.2. The third kappa shape index (κ3) is 7.01. The maximum Gasteiger partial charge on any atom is 0.387 e. The molecular formula is C13H18F2N2O3. The molecule has 1 amide bonds. The van der Waals surface area contributed by atoms with Gasteiger partial charge in [-0.05, 0) is 17.7 Å². The molecule has 20 heavy (non-hydrogen) atoms. The van der Waals surface area contributed by atoms with Crippen molar-refractivity contribution in [3.63, 3.8) is 0 Å². The first-order chi connectivity index (χ1) is 9.61. The highest BCUT2D eigenvalue weighted by Gasteiger charge is 2.05. The summed E-state index contributed by atoms with van der Waals surface area (Å²) >= 11 is 0. The van der Waals surface area contributed by atoms with Gasteiger partial charge in [-0.1, -0.05) is 12.1 Å². The van der Waals surface area contributed by atoms with Crippen LogP contribution in [0.2, 0.25) is 0 Å². The number of hydrogen-bond acceptors (Lipinski definition) is 4. The predicted octanol–water partition coefficient (Wildman–Crippen LogP) is 1.14. The number of carbonyl (C=O) groups excluding carboxylic acids is 1. The molecule has 0 heterocycles. The molecule has 0 unspecified atom stereocenters. The van der Waals surface area contributed by atoms with Crippen molar-refractivity contribution in [1.82, 2.24) is 10.6 Å². The summed E-state index contributed by atoms with van der Waals surface area (Å²) in [6.45, 7) is -1.31. The topological polar surface area (TPSA) is 59.6 Å². The Hall–Kier alpha value is -1.73. The average molecular weight is 288 g/mol. The van der Waals surface area contributed by atoms with E-state index >= 15 is 0 Å². The molecule has 0 saturated heterocycles. The molecule has 0 aromatic heterocycles. The number of ether oxygens (including phenoxy) is 2. The van der Waals surface area contributed by atoms with Crippen LogP contribution in [-0.2, 0) is 16.1 Å². The lowest BCUT2D eigenvalue weighted by molar-refractivity contribution is -0.120. The number of methoxy groups -OCH3 is 1. The van der Waals surface area contributed by atoms with Crippen LogP contribution in [0.1, 0.15) is 5.56 Å². The van der Waals surface area contributed by atoms with Gasteiger partial charge in [0.15, 0.2) is 0 Å². The third-order valence-corrected chi connectivity index (χ3v) is 2.38. The zero-order valence-electron chi connectivity index (χ0n) is 11.2. The standard InChI is InChI=1S/C13H18F2N2O3/c1-19-6-5-16-9-12(18)17-8-10-3-2-4-11(7-10)20-13(14)15/h2-4,7,13,16H,5-6,8-9H2,1H3,(H,17,18). The van der Waals surface area contributed by atoms with E-state index in [2.05, 4.69) is 15.4 Å². The summed E-state index contributed by atoms with van der Waals surface area (Å²) in [7, 11) is 1.58. The zero-order valence-corrected chi connectivity index (χ0v) is 11.2. The van der Waals surface area contributed by atoms with E-state index in [1.165, 1.54) is 12.1 Å². The minimum atomic E-state index is -2.86. The second kappa shape index (κ2) is 9.22. The quantitative estimate of drug-likeness (QED) is 0.669.